The van der Waals surface area contributed by atoms with E-state index in [-0.39, 0.29) is 31.2 Å². The monoisotopic (exact) mass is 335 g/mol. The molecule has 1 saturated heterocycles. The van der Waals surface area contributed by atoms with Gasteiger partial charge in [-0.1, -0.05) is 23.7 Å². The summed E-state index contributed by atoms with van der Waals surface area (Å²) in [7, 11) is 0. The van der Waals surface area contributed by atoms with Crippen molar-refractivity contribution in [1.29, 1.82) is 0 Å². The summed E-state index contributed by atoms with van der Waals surface area (Å²) in [4.78, 5) is 2.21. The summed E-state index contributed by atoms with van der Waals surface area (Å²) < 4.78 is 11.2. The zero-order valence-electron chi connectivity index (χ0n) is 12.4. The molecule has 3 unspecified atom stereocenters. The number of β-amino-alcohol motifs (C(OH)–C–C–N with tert-alkyl or cyclic N) is 1. The number of benzene rings is 1. The van der Waals surface area contributed by atoms with E-state index >= 15 is 0 Å². The molecule has 1 aromatic carbocycles. The third kappa shape index (κ3) is 6.01. The minimum Gasteiger partial charge on any atom is -0.489 e. The molecule has 1 aromatic rings. The number of aliphatic hydroxyl groups excluding tert-OH is 1. The topological polar surface area (TPSA) is 41.9 Å². The number of aliphatic hydroxyl groups is 1. The largest absolute Gasteiger partial charge is 0.489 e. The average molecular weight is 336 g/mol. The molecule has 0 aliphatic carbocycles. The number of halogens is 2. The van der Waals surface area contributed by atoms with Crippen molar-refractivity contribution in [2.45, 2.75) is 32.2 Å². The first kappa shape index (κ1) is 18.5. The molecule has 0 radical (unpaired) electrons. The number of rotatable bonds is 5. The van der Waals surface area contributed by atoms with E-state index in [4.69, 9.17) is 21.1 Å². The molecule has 1 N–H and O–H groups in total. The lowest BCUT2D eigenvalue weighted by atomic mass is 10.2. The number of hydrogen-bond donors (Lipinski definition) is 1. The molecular weight excluding hydrogens is 313 g/mol. The molecule has 2 rings (SSSR count). The molecule has 1 heterocycles. The lowest BCUT2D eigenvalue weighted by Gasteiger charge is -2.36. The fraction of sp³-hybridized carbons (Fsp3) is 0.600. The van der Waals surface area contributed by atoms with Crippen LogP contribution in [0.1, 0.15) is 13.8 Å². The summed E-state index contributed by atoms with van der Waals surface area (Å²) in [6, 6.07) is 7.28. The van der Waals surface area contributed by atoms with Gasteiger partial charge in [-0.05, 0) is 26.0 Å². The Hall–Kier alpha value is -0.520. The van der Waals surface area contributed by atoms with Gasteiger partial charge in [0.15, 0.2) is 0 Å². The molecule has 1 aliphatic heterocycles. The second-order valence-electron chi connectivity index (χ2n) is 5.37. The van der Waals surface area contributed by atoms with Crippen LogP contribution in [0.3, 0.4) is 0 Å². The van der Waals surface area contributed by atoms with Crippen LogP contribution in [0.15, 0.2) is 24.3 Å². The maximum atomic E-state index is 10.1. The molecule has 21 heavy (non-hydrogen) atoms. The smallest absolute Gasteiger partial charge is 0.138 e. The molecule has 0 bridgehead atoms. The molecule has 4 nitrogen and oxygen atoms in total. The number of ether oxygens (including phenoxy) is 2. The van der Waals surface area contributed by atoms with Gasteiger partial charge in [-0.2, -0.15) is 0 Å². The number of hydrogen-bond acceptors (Lipinski definition) is 4. The van der Waals surface area contributed by atoms with Crippen LogP contribution in [0.5, 0.6) is 5.75 Å². The molecule has 120 valence electrons. The zero-order valence-corrected chi connectivity index (χ0v) is 13.9. The molecular formula is C15H23Cl2NO3. The lowest BCUT2D eigenvalue weighted by Crippen LogP contribution is -2.48. The minimum atomic E-state index is -0.538. The summed E-state index contributed by atoms with van der Waals surface area (Å²) in [5.41, 5.74) is 0. The van der Waals surface area contributed by atoms with Crippen molar-refractivity contribution >= 4 is 24.0 Å². The van der Waals surface area contributed by atoms with Crippen LogP contribution in [0.2, 0.25) is 5.02 Å². The van der Waals surface area contributed by atoms with Gasteiger partial charge in [-0.25, -0.2) is 0 Å². The maximum absolute atomic E-state index is 10.1. The Morgan fingerprint density at radius 3 is 2.57 bits per heavy atom. The fourth-order valence-corrected chi connectivity index (χ4v) is 2.72. The third-order valence-electron chi connectivity index (χ3n) is 3.23. The van der Waals surface area contributed by atoms with Gasteiger partial charge in [0.25, 0.3) is 0 Å². The highest BCUT2D eigenvalue weighted by Gasteiger charge is 2.23. The van der Waals surface area contributed by atoms with E-state index in [1.165, 1.54) is 0 Å². The predicted octanol–water partition coefficient (Wildman–Crippen LogP) is 2.61. The summed E-state index contributed by atoms with van der Waals surface area (Å²) in [5, 5.41) is 10.6. The van der Waals surface area contributed by atoms with Crippen molar-refractivity contribution in [3.05, 3.63) is 29.3 Å². The van der Waals surface area contributed by atoms with Gasteiger partial charge < -0.3 is 14.6 Å². The quantitative estimate of drug-likeness (QED) is 0.898. The van der Waals surface area contributed by atoms with E-state index in [2.05, 4.69) is 18.7 Å². The Kier molecular flexibility index (Phi) is 7.77. The molecule has 1 aliphatic rings. The van der Waals surface area contributed by atoms with E-state index in [1.807, 2.05) is 12.1 Å². The highest BCUT2D eigenvalue weighted by molar-refractivity contribution is 6.32. The summed E-state index contributed by atoms with van der Waals surface area (Å²) in [6.07, 6.45) is -0.130. The van der Waals surface area contributed by atoms with Gasteiger partial charge in [0.2, 0.25) is 0 Å². The number of morpholine rings is 1. The van der Waals surface area contributed by atoms with Gasteiger partial charge in [0, 0.05) is 19.6 Å². The Bertz CT molecular complexity index is 423. The van der Waals surface area contributed by atoms with Crippen LogP contribution in [0.4, 0.5) is 0 Å². The predicted molar refractivity (Wildman–Crippen MR) is 86.7 cm³/mol. The Morgan fingerprint density at radius 2 is 1.95 bits per heavy atom. The normalized spacial score (nSPS) is 24.2. The summed E-state index contributed by atoms with van der Waals surface area (Å²) in [5.74, 6) is 0.608. The second-order valence-corrected chi connectivity index (χ2v) is 5.78. The maximum Gasteiger partial charge on any atom is 0.138 e. The van der Waals surface area contributed by atoms with Crippen molar-refractivity contribution < 1.29 is 14.6 Å². The molecule has 3 atom stereocenters. The van der Waals surface area contributed by atoms with Crippen molar-refractivity contribution in [2.75, 3.05) is 26.2 Å². The second kappa shape index (κ2) is 8.81. The molecule has 0 aromatic heterocycles. The molecule has 0 saturated carbocycles. The minimum absolute atomic E-state index is 0. The van der Waals surface area contributed by atoms with Gasteiger partial charge in [0.05, 0.1) is 17.2 Å². The van der Waals surface area contributed by atoms with Gasteiger partial charge >= 0.3 is 0 Å². The molecule has 0 amide bonds. The van der Waals surface area contributed by atoms with Crippen LogP contribution in [-0.2, 0) is 4.74 Å². The first-order valence-corrected chi connectivity index (χ1v) is 7.35. The first-order valence-electron chi connectivity index (χ1n) is 6.98. The molecule has 6 heteroatoms. The number of para-hydroxylation sites is 1. The third-order valence-corrected chi connectivity index (χ3v) is 3.54. The Balaban J connectivity index is 0.00000220. The van der Waals surface area contributed by atoms with E-state index in [1.54, 1.807) is 12.1 Å². The molecule has 0 spiro atoms. The standard InChI is InChI=1S/C15H22ClNO3.ClH/c1-11-7-17(8-12(2)20-11)9-13(18)10-19-15-6-4-3-5-14(15)16;/h3-6,11-13,18H,7-10H2,1-2H3;1H. The van der Waals surface area contributed by atoms with Crippen LogP contribution in [0, 0.1) is 0 Å². The van der Waals surface area contributed by atoms with Crippen molar-refractivity contribution in [2.24, 2.45) is 0 Å². The van der Waals surface area contributed by atoms with E-state index < -0.39 is 6.10 Å². The van der Waals surface area contributed by atoms with E-state index in [0.717, 1.165) is 13.1 Å². The van der Waals surface area contributed by atoms with Gasteiger partial charge in [-0.3, -0.25) is 4.90 Å². The lowest BCUT2D eigenvalue weighted by molar-refractivity contribution is -0.0786. The molecule has 1 fully saturated rings. The Morgan fingerprint density at radius 1 is 1.33 bits per heavy atom. The summed E-state index contributed by atoms with van der Waals surface area (Å²) in [6.45, 7) is 6.61. The van der Waals surface area contributed by atoms with E-state index in [9.17, 15) is 5.11 Å². The zero-order chi connectivity index (χ0) is 14.5. The van der Waals surface area contributed by atoms with Crippen molar-refractivity contribution in [3.8, 4) is 5.75 Å². The highest BCUT2D eigenvalue weighted by atomic mass is 35.5. The SMILES string of the molecule is CC1CN(CC(O)COc2ccccc2Cl)CC(C)O1.Cl. The summed E-state index contributed by atoms with van der Waals surface area (Å²) >= 11 is 6.00. The highest BCUT2D eigenvalue weighted by Crippen LogP contribution is 2.23. The van der Waals surface area contributed by atoms with Crippen LogP contribution in [-0.4, -0.2) is 54.6 Å². The Labute approximate surface area is 137 Å². The van der Waals surface area contributed by atoms with Gasteiger partial charge in [0.1, 0.15) is 18.5 Å². The van der Waals surface area contributed by atoms with Gasteiger partial charge in [-0.15, -0.1) is 12.4 Å². The average Bonchev–Trinajstić information content (AvgIpc) is 2.36. The van der Waals surface area contributed by atoms with Crippen LogP contribution < -0.4 is 4.74 Å². The first-order chi connectivity index (χ1) is 9.54. The van der Waals surface area contributed by atoms with Crippen LogP contribution in [0.25, 0.3) is 0 Å². The fourth-order valence-electron chi connectivity index (χ4n) is 2.53. The van der Waals surface area contributed by atoms with Crippen molar-refractivity contribution in [3.63, 3.8) is 0 Å². The number of nitrogens with zero attached hydrogens (tertiary/aromatic N) is 1. The van der Waals surface area contributed by atoms with Crippen molar-refractivity contribution in [1.82, 2.24) is 4.90 Å². The van der Waals surface area contributed by atoms with E-state index in [0.29, 0.717) is 17.3 Å². The van der Waals surface area contributed by atoms with Crippen LogP contribution >= 0.6 is 24.0 Å².